The fraction of sp³-hybridized carbons (Fsp3) is 0.812. The van der Waals surface area contributed by atoms with E-state index >= 15 is 0 Å². The Kier molecular flexibility index (Phi) is 4.32. The van der Waals surface area contributed by atoms with E-state index in [1.165, 1.54) is 47.8 Å². The maximum Gasteiger partial charge on any atom is 0.185 e. The molecule has 1 aromatic heterocycles. The van der Waals surface area contributed by atoms with Crippen LogP contribution in [0.25, 0.3) is 0 Å². The summed E-state index contributed by atoms with van der Waals surface area (Å²) in [6.45, 7) is 6.73. The van der Waals surface area contributed by atoms with Gasteiger partial charge in [-0.25, -0.2) is 4.98 Å². The van der Waals surface area contributed by atoms with Crippen molar-refractivity contribution in [1.29, 1.82) is 0 Å². The van der Waals surface area contributed by atoms with Crippen molar-refractivity contribution in [3.05, 3.63) is 10.6 Å². The highest BCUT2D eigenvalue weighted by Crippen LogP contribution is 2.44. The van der Waals surface area contributed by atoms with Crippen molar-refractivity contribution >= 4 is 16.5 Å². The number of nitrogens with one attached hydrogen (secondary N) is 1. The third-order valence-electron chi connectivity index (χ3n) is 4.42. The quantitative estimate of drug-likeness (QED) is 0.791. The molecule has 3 nitrogen and oxygen atoms in total. The lowest BCUT2D eigenvalue weighted by molar-refractivity contribution is 0.559. The smallest absolute Gasteiger partial charge is 0.185 e. The van der Waals surface area contributed by atoms with Crippen LogP contribution in [0.5, 0.6) is 0 Å². The molecular formula is C16H27N3S. The van der Waals surface area contributed by atoms with Crippen LogP contribution in [-0.4, -0.2) is 24.6 Å². The Morgan fingerprint density at radius 1 is 1.35 bits per heavy atom. The third kappa shape index (κ3) is 3.53. The lowest BCUT2D eigenvalue weighted by Crippen LogP contribution is -2.23. The van der Waals surface area contributed by atoms with Crippen LogP contribution >= 0.6 is 11.3 Å². The number of thiazole rings is 1. The first-order valence-corrected chi connectivity index (χ1v) is 8.93. The van der Waals surface area contributed by atoms with Gasteiger partial charge in [-0.1, -0.05) is 20.3 Å². The third-order valence-corrected chi connectivity index (χ3v) is 5.60. The second kappa shape index (κ2) is 6.02. The molecule has 0 saturated heterocycles. The molecule has 0 radical (unpaired) electrons. The van der Waals surface area contributed by atoms with E-state index in [0.29, 0.717) is 0 Å². The lowest BCUT2D eigenvalue weighted by Gasteiger charge is -2.19. The molecule has 2 aliphatic rings. The molecule has 2 aliphatic carbocycles. The Bertz CT molecular complexity index is 449. The molecule has 0 bridgehead atoms. The molecule has 1 atom stereocenters. The number of hydrogen-bond acceptors (Lipinski definition) is 4. The van der Waals surface area contributed by atoms with Crippen LogP contribution in [0.1, 0.15) is 62.4 Å². The Labute approximate surface area is 126 Å². The Morgan fingerprint density at radius 2 is 2.10 bits per heavy atom. The molecule has 0 aromatic carbocycles. The number of nitrogens with zero attached hydrogens (tertiary/aromatic N) is 2. The number of anilines is 1. The minimum atomic E-state index is 0.737. The molecule has 1 N–H and O–H groups in total. The molecule has 0 amide bonds. The minimum Gasteiger partial charge on any atom is -0.351 e. The summed E-state index contributed by atoms with van der Waals surface area (Å²) >= 11 is 1.91. The predicted molar refractivity (Wildman–Crippen MR) is 86.7 cm³/mol. The van der Waals surface area contributed by atoms with Gasteiger partial charge in [-0.05, 0) is 31.6 Å². The molecule has 0 spiro atoms. The highest BCUT2D eigenvalue weighted by Gasteiger charge is 2.31. The largest absolute Gasteiger partial charge is 0.351 e. The van der Waals surface area contributed by atoms with Crippen molar-refractivity contribution in [2.45, 2.75) is 64.5 Å². The second-order valence-corrected chi connectivity index (χ2v) is 7.69. The zero-order valence-corrected chi connectivity index (χ0v) is 13.8. The molecule has 20 heavy (non-hydrogen) atoms. The van der Waals surface area contributed by atoms with Crippen molar-refractivity contribution in [3.63, 3.8) is 0 Å². The van der Waals surface area contributed by atoms with Gasteiger partial charge in [0.2, 0.25) is 0 Å². The molecular weight excluding hydrogens is 266 g/mol. The monoisotopic (exact) mass is 293 g/mol. The van der Waals surface area contributed by atoms with Crippen molar-refractivity contribution in [3.8, 4) is 0 Å². The van der Waals surface area contributed by atoms with E-state index in [4.69, 9.17) is 4.98 Å². The van der Waals surface area contributed by atoms with Crippen LogP contribution in [-0.2, 0) is 6.54 Å². The fourth-order valence-electron chi connectivity index (χ4n) is 2.52. The van der Waals surface area contributed by atoms with Gasteiger partial charge in [0.25, 0.3) is 0 Å². The van der Waals surface area contributed by atoms with Crippen LogP contribution in [0.15, 0.2) is 0 Å². The molecule has 2 fully saturated rings. The molecule has 4 heteroatoms. The summed E-state index contributed by atoms with van der Waals surface area (Å²) in [5, 5.41) is 4.87. The van der Waals surface area contributed by atoms with Crippen LogP contribution in [0, 0.1) is 5.92 Å². The summed E-state index contributed by atoms with van der Waals surface area (Å²) in [5.41, 5.74) is 1.40. The minimum absolute atomic E-state index is 0.737. The Morgan fingerprint density at radius 3 is 2.70 bits per heavy atom. The summed E-state index contributed by atoms with van der Waals surface area (Å²) in [5.74, 6) is 1.49. The van der Waals surface area contributed by atoms with E-state index in [9.17, 15) is 0 Å². The van der Waals surface area contributed by atoms with Gasteiger partial charge in [-0.15, -0.1) is 11.3 Å². The summed E-state index contributed by atoms with van der Waals surface area (Å²) in [6.07, 6.45) is 6.64. The Hall–Kier alpha value is -0.610. The first-order chi connectivity index (χ1) is 9.67. The van der Waals surface area contributed by atoms with E-state index in [1.807, 2.05) is 11.3 Å². The van der Waals surface area contributed by atoms with Gasteiger partial charge in [0.05, 0.1) is 5.69 Å². The van der Waals surface area contributed by atoms with Crippen LogP contribution in [0.4, 0.5) is 5.13 Å². The second-order valence-electron chi connectivity index (χ2n) is 6.63. The van der Waals surface area contributed by atoms with E-state index < -0.39 is 0 Å². The average molecular weight is 293 g/mol. The molecule has 112 valence electrons. The van der Waals surface area contributed by atoms with Gasteiger partial charge in [0.1, 0.15) is 0 Å². The lowest BCUT2D eigenvalue weighted by atomic mass is 10.1. The topological polar surface area (TPSA) is 28.2 Å². The van der Waals surface area contributed by atoms with Gasteiger partial charge >= 0.3 is 0 Å². The van der Waals surface area contributed by atoms with Gasteiger partial charge in [0.15, 0.2) is 5.13 Å². The zero-order valence-electron chi connectivity index (χ0n) is 13.0. The van der Waals surface area contributed by atoms with Crippen molar-refractivity contribution in [2.75, 3.05) is 18.5 Å². The predicted octanol–water partition coefficient (Wildman–Crippen LogP) is 3.75. The summed E-state index contributed by atoms with van der Waals surface area (Å²) in [7, 11) is 2.19. The van der Waals surface area contributed by atoms with Crippen molar-refractivity contribution in [2.24, 2.45) is 5.92 Å². The van der Waals surface area contributed by atoms with Crippen LogP contribution in [0.2, 0.25) is 0 Å². The molecule has 0 aliphatic heterocycles. The van der Waals surface area contributed by atoms with Gasteiger partial charge in [-0.3, -0.25) is 0 Å². The van der Waals surface area contributed by atoms with Crippen molar-refractivity contribution in [1.82, 2.24) is 10.3 Å². The Balaban J connectivity index is 1.68. The normalized spacial score (nSPS) is 20.1. The standard InChI is InChI=1S/C16H27N3S/c1-4-11(2)10-19(3)16-18-15(12-5-6-12)14(20-16)9-17-13-7-8-13/h11-13,17H,4-10H2,1-3H3. The van der Waals surface area contributed by atoms with Crippen molar-refractivity contribution < 1.29 is 0 Å². The molecule has 1 aromatic rings. The van der Waals surface area contributed by atoms with Crippen LogP contribution in [0.3, 0.4) is 0 Å². The summed E-state index contributed by atoms with van der Waals surface area (Å²) in [4.78, 5) is 8.81. The van der Waals surface area contributed by atoms with Crippen LogP contribution < -0.4 is 10.2 Å². The van der Waals surface area contributed by atoms with E-state index in [2.05, 4.69) is 31.1 Å². The number of aromatic nitrogens is 1. The van der Waals surface area contributed by atoms with E-state index in [0.717, 1.165) is 31.0 Å². The zero-order chi connectivity index (χ0) is 14.1. The fourth-order valence-corrected chi connectivity index (χ4v) is 3.58. The van der Waals surface area contributed by atoms with Gasteiger partial charge in [0, 0.05) is 37.0 Å². The summed E-state index contributed by atoms with van der Waals surface area (Å²) < 4.78 is 0. The molecule has 2 saturated carbocycles. The highest BCUT2D eigenvalue weighted by molar-refractivity contribution is 7.15. The molecule has 1 heterocycles. The SMILES string of the molecule is CCC(C)CN(C)c1nc(C2CC2)c(CNC2CC2)s1. The van der Waals surface area contributed by atoms with Gasteiger partial charge < -0.3 is 10.2 Å². The molecule has 3 rings (SSSR count). The van der Waals surface area contributed by atoms with E-state index in [1.54, 1.807) is 0 Å². The molecule has 1 unspecified atom stereocenters. The first kappa shape index (κ1) is 14.3. The number of rotatable bonds is 8. The number of hydrogen-bond donors (Lipinski definition) is 1. The highest BCUT2D eigenvalue weighted by atomic mass is 32.1. The first-order valence-electron chi connectivity index (χ1n) is 8.11. The average Bonchev–Trinajstić information content (AvgIpc) is 3.35. The van der Waals surface area contributed by atoms with Gasteiger partial charge in [-0.2, -0.15) is 0 Å². The van der Waals surface area contributed by atoms with E-state index in [-0.39, 0.29) is 0 Å². The maximum atomic E-state index is 4.96. The maximum absolute atomic E-state index is 4.96. The summed E-state index contributed by atoms with van der Waals surface area (Å²) in [6, 6.07) is 0.783.